The summed E-state index contributed by atoms with van der Waals surface area (Å²) < 4.78 is 0. The van der Waals surface area contributed by atoms with Crippen molar-refractivity contribution in [3.05, 3.63) is 52.2 Å². The highest BCUT2D eigenvalue weighted by Gasteiger charge is 2.08. The smallest absolute Gasteiger partial charge is 0.267 e. The van der Waals surface area contributed by atoms with Crippen LogP contribution in [0.4, 0.5) is 5.69 Å². The third-order valence-corrected chi connectivity index (χ3v) is 3.32. The first-order chi connectivity index (χ1) is 8.65. The summed E-state index contributed by atoms with van der Waals surface area (Å²) in [5.74, 6) is -0.185. The van der Waals surface area contributed by atoms with Crippen LogP contribution < -0.4 is 10.6 Å². The molecule has 0 radical (unpaired) electrons. The third-order valence-electron chi connectivity index (χ3n) is 2.25. The van der Waals surface area contributed by atoms with Gasteiger partial charge in [-0.15, -0.1) is 11.3 Å². The number of anilines is 1. The Morgan fingerprint density at radius 2 is 2.11 bits per heavy atom. The fourth-order valence-electron chi connectivity index (χ4n) is 1.46. The minimum Gasteiger partial charge on any atom is -0.332 e. The first-order valence-electron chi connectivity index (χ1n) is 5.37. The van der Waals surface area contributed by atoms with Gasteiger partial charge >= 0.3 is 0 Å². The lowest BCUT2D eigenvalue weighted by atomic mass is 10.2. The van der Waals surface area contributed by atoms with Gasteiger partial charge in [-0.1, -0.05) is 18.2 Å². The van der Waals surface area contributed by atoms with Crippen LogP contribution in [0.25, 0.3) is 0 Å². The van der Waals surface area contributed by atoms with E-state index >= 15 is 0 Å². The summed E-state index contributed by atoms with van der Waals surface area (Å²) in [6.07, 6.45) is 0. The molecule has 2 N–H and O–H groups in total. The van der Waals surface area contributed by atoms with Crippen molar-refractivity contribution in [1.29, 1.82) is 0 Å². The van der Waals surface area contributed by atoms with Crippen LogP contribution in [-0.4, -0.2) is 11.0 Å². The molecule has 5 heteroatoms. The fourth-order valence-corrected chi connectivity index (χ4v) is 2.29. The number of hydrogen-bond acceptors (Lipinski definition) is 3. The number of thiophene rings is 1. The van der Waals surface area contributed by atoms with Crippen molar-refractivity contribution < 1.29 is 4.79 Å². The summed E-state index contributed by atoms with van der Waals surface area (Å²) >= 11 is 6.47. The second-order valence-corrected chi connectivity index (χ2v) is 5.11. The standard InChI is InChI=1S/C13H12N2OS2/c1-9-4-2-5-10(8-9)14-13(17)15-12(16)11-6-3-7-18-11/h2-8H,1H3,(H2,14,15,16,17). The van der Waals surface area contributed by atoms with Crippen molar-refractivity contribution in [3.8, 4) is 0 Å². The number of thiocarbonyl (C=S) groups is 1. The molecule has 92 valence electrons. The van der Waals surface area contributed by atoms with Gasteiger partial charge < -0.3 is 5.32 Å². The van der Waals surface area contributed by atoms with Gasteiger partial charge in [-0.05, 0) is 48.3 Å². The Balaban J connectivity index is 1.95. The van der Waals surface area contributed by atoms with E-state index in [4.69, 9.17) is 12.2 Å². The Hall–Kier alpha value is -1.72. The van der Waals surface area contributed by atoms with Gasteiger partial charge in [0.1, 0.15) is 0 Å². The molecule has 0 atom stereocenters. The average molecular weight is 276 g/mol. The predicted molar refractivity (Wildman–Crippen MR) is 79.2 cm³/mol. The Morgan fingerprint density at radius 1 is 1.28 bits per heavy atom. The van der Waals surface area contributed by atoms with Gasteiger partial charge in [0.25, 0.3) is 5.91 Å². The van der Waals surface area contributed by atoms with Crippen LogP contribution in [-0.2, 0) is 0 Å². The van der Waals surface area contributed by atoms with Gasteiger partial charge in [-0.3, -0.25) is 10.1 Å². The maximum atomic E-state index is 11.7. The Labute approximate surface area is 115 Å². The molecule has 0 aliphatic carbocycles. The zero-order valence-electron chi connectivity index (χ0n) is 9.77. The lowest BCUT2D eigenvalue weighted by molar-refractivity contribution is 0.0981. The van der Waals surface area contributed by atoms with Crippen molar-refractivity contribution >= 4 is 40.3 Å². The predicted octanol–water partition coefficient (Wildman–Crippen LogP) is 3.18. The molecule has 1 heterocycles. The molecule has 1 aromatic heterocycles. The molecule has 1 aromatic carbocycles. The SMILES string of the molecule is Cc1cccc(NC(=S)NC(=O)c2cccs2)c1. The summed E-state index contributed by atoms with van der Waals surface area (Å²) in [4.78, 5) is 12.4. The zero-order chi connectivity index (χ0) is 13.0. The Morgan fingerprint density at radius 3 is 2.78 bits per heavy atom. The number of aryl methyl sites for hydroxylation is 1. The van der Waals surface area contributed by atoms with Gasteiger partial charge in [-0.25, -0.2) is 0 Å². The Bertz CT molecular complexity index is 564. The lowest BCUT2D eigenvalue weighted by Gasteiger charge is -2.09. The van der Waals surface area contributed by atoms with E-state index in [2.05, 4.69) is 10.6 Å². The van der Waals surface area contributed by atoms with Gasteiger partial charge in [-0.2, -0.15) is 0 Å². The molecule has 1 amide bonds. The fraction of sp³-hybridized carbons (Fsp3) is 0.0769. The van der Waals surface area contributed by atoms with E-state index in [-0.39, 0.29) is 5.91 Å². The zero-order valence-corrected chi connectivity index (χ0v) is 11.4. The molecule has 18 heavy (non-hydrogen) atoms. The number of rotatable bonds is 2. The number of carbonyl (C=O) groups excluding carboxylic acids is 1. The molecule has 0 bridgehead atoms. The number of benzene rings is 1. The average Bonchev–Trinajstić information content (AvgIpc) is 2.81. The van der Waals surface area contributed by atoms with Gasteiger partial charge in [0.05, 0.1) is 4.88 Å². The summed E-state index contributed by atoms with van der Waals surface area (Å²) in [5.41, 5.74) is 2.00. The lowest BCUT2D eigenvalue weighted by Crippen LogP contribution is -2.33. The largest absolute Gasteiger partial charge is 0.332 e. The molecule has 2 aromatic rings. The second kappa shape index (κ2) is 5.75. The van der Waals surface area contributed by atoms with Crippen LogP contribution in [0.3, 0.4) is 0 Å². The van der Waals surface area contributed by atoms with E-state index in [1.807, 2.05) is 42.6 Å². The highest BCUT2D eigenvalue weighted by Crippen LogP contribution is 2.10. The first-order valence-corrected chi connectivity index (χ1v) is 6.66. The maximum absolute atomic E-state index is 11.7. The van der Waals surface area contributed by atoms with Crippen LogP contribution in [0, 0.1) is 6.92 Å². The second-order valence-electron chi connectivity index (χ2n) is 3.76. The van der Waals surface area contributed by atoms with Crippen LogP contribution in [0.5, 0.6) is 0 Å². The van der Waals surface area contributed by atoms with E-state index in [0.29, 0.717) is 9.99 Å². The van der Waals surface area contributed by atoms with Crippen molar-refractivity contribution in [2.75, 3.05) is 5.32 Å². The van der Waals surface area contributed by atoms with Crippen LogP contribution in [0.15, 0.2) is 41.8 Å². The summed E-state index contributed by atoms with van der Waals surface area (Å²) in [6, 6.07) is 11.4. The van der Waals surface area contributed by atoms with Crippen molar-refractivity contribution in [2.24, 2.45) is 0 Å². The van der Waals surface area contributed by atoms with Gasteiger partial charge in [0.15, 0.2) is 5.11 Å². The van der Waals surface area contributed by atoms with E-state index in [9.17, 15) is 4.79 Å². The molecule has 0 aliphatic heterocycles. The van der Waals surface area contributed by atoms with E-state index in [1.54, 1.807) is 6.07 Å². The molecule has 0 saturated carbocycles. The molecule has 0 aliphatic rings. The quantitative estimate of drug-likeness (QED) is 0.828. The summed E-state index contributed by atoms with van der Waals surface area (Å²) in [6.45, 7) is 2.00. The highest BCUT2D eigenvalue weighted by atomic mass is 32.1. The van der Waals surface area contributed by atoms with Crippen LogP contribution in [0.1, 0.15) is 15.2 Å². The highest BCUT2D eigenvalue weighted by molar-refractivity contribution is 7.80. The first kappa shape index (κ1) is 12.7. The van der Waals surface area contributed by atoms with E-state index < -0.39 is 0 Å². The van der Waals surface area contributed by atoms with Crippen LogP contribution in [0.2, 0.25) is 0 Å². The summed E-state index contributed by atoms with van der Waals surface area (Å²) in [7, 11) is 0. The van der Waals surface area contributed by atoms with E-state index in [0.717, 1.165) is 11.3 Å². The topological polar surface area (TPSA) is 41.1 Å². The normalized spacial score (nSPS) is 9.83. The molecule has 2 rings (SSSR count). The third kappa shape index (κ3) is 3.38. The minimum atomic E-state index is -0.185. The molecule has 0 saturated heterocycles. The van der Waals surface area contributed by atoms with Gasteiger partial charge in [0.2, 0.25) is 0 Å². The van der Waals surface area contributed by atoms with Crippen molar-refractivity contribution in [1.82, 2.24) is 5.32 Å². The molecule has 0 unspecified atom stereocenters. The maximum Gasteiger partial charge on any atom is 0.267 e. The van der Waals surface area contributed by atoms with Crippen LogP contribution >= 0.6 is 23.6 Å². The van der Waals surface area contributed by atoms with Crippen molar-refractivity contribution in [3.63, 3.8) is 0 Å². The summed E-state index contributed by atoms with van der Waals surface area (Å²) in [5, 5.41) is 7.78. The van der Waals surface area contributed by atoms with E-state index in [1.165, 1.54) is 11.3 Å². The monoisotopic (exact) mass is 276 g/mol. The van der Waals surface area contributed by atoms with Crippen molar-refractivity contribution in [2.45, 2.75) is 6.92 Å². The Kier molecular flexibility index (Phi) is 4.07. The van der Waals surface area contributed by atoms with Gasteiger partial charge in [0, 0.05) is 5.69 Å². The molecular weight excluding hydrogens is 264 g/mol. The molecule has 3 nitrogen and oxygen atoms in total. The number of hydrogen-bond donors (Lipinski definition) is 2. The number of nitrogens with one attached hydrogen (secondary N) is 2. The minimum absolute atomic E-state index is 0.185. The number of amides is 1. The molecular formula is C13H12N2OS2. The number of carbonyl (C=O) groups is 1. The molecule has 0 spiro atoms. The molecule has 0 fully saturated rings.